The highest BCUT2D eigenvalue weighted by molar-refractivity contribution is 5.83. The van der Waals surface area contributed by atoms with Crippen LogP contribution in [-0.2, 0) is 29.3 Å². The maximum atomic E-state index is 13.6. The van der Waals surface area contributed by atoms with E-state index < -0.39 is 41.0 Å². The van der Waals surface area contributed by atoms with Crippen molar-refractivity contribution in [1.82, 2.24) is 10.2 Å². The summed E-state index contributed by atoms with van der Waals surface area (Å²) in [7, 11) is 0. The van der Waals surface area contributed by atoms with Gasteiger partial charge in [-0.2, -0.15) is 26.3 Å². The Balaban J connectivity index is 1.12. The van der Waals surface area contributed by atoms with E-state index in [1.165, 1.54) is 0 Å². The fourth-order valence-corrected chi connectivity index (χ4v) is 6.95. The minimum Gasteiger partial charge on any atom is -0.454 e. The molecule has 0 radical (unpaired) electrons. The van der Waals surface area contributed by atoms with E-state index in [9.17, 15) is 36.2 Å². The molecule has 0 aromatic heterocycles. The van der Waals surface area contributed by atoms with E-state index in [2.05, 4.69) is 10.2 Å². The number of likely N-dealkylation sites (tertiary alicyclic amines) is 1. The fourth-order valence-electron chi connectivity index (χ4n) is 6.95. The summed E-state index contributed by atoms with van der Waals surface area (Å²) in [5.41, 5.74) is -4.03. The summed E-state index contributed by atoms with van der Waals surface area (Å²) < 4.78 is 90.8. The van der Waals surface area contributed by atoms with E-state index in [1.54, 1.807) is 6.07 Å². The zero-order valence-corrected chi connectivity index (χ0v) is 23.5. The summed E-state index contributed by atoms with van der Waals surface area (Å²) in [6, 6.07) is 7.05. The lowest BCUT2D eigenvalue weighted by Gasteiger charge is -2.40. The SMILES string of the molecule is O=C(NCc1cc(C(F)(F)F)cc(C(F)(F)F)c1)C1(CC2CC2)CCN(C2CCC(O)(c3ccc4c(c3)OCO4)CC2)C1. The number of alkyl halides is 6. The number of hydrogen-bond donors (Lipinski definition) is 2. The van der Waals surface area contributed by atoms with Crippen LogP contribution in [0.1, 0.15) is 73.6 Å². The van der Waals surface area contributed by atoms with Crippen molar-refractivity contribution in [2.45, 2.75) is 81.9 Å². The third kappa shape index (κ3) is 6.31. The molecule has 1 unspecified atom stereocenters. The molecule has 0 spiro atoms. The standard InChI is InChI=1S/C31H34F6N2O4/c32-30(33,34)22-11-20(12-23(13-22)31(35,36)37)16-38-27(40)28(15-19-1-2-19)9-10-39(17-28)24-5-7-29(41,8-6-24)21-3-4-25-26(14-21)43-18-42-25/h3-4,11-14,19,24,41H,1-2,5-10,15-18H2,(H,38,40). The van der Waals surface area contributed by atoms with Gasteiger partial charge in [0.15, 0.2) is 11.5 Å². The van der Waals surface area contributed by atoms with Gasteiger partial charge in [0, 0.05) is 19.1 Å². The maximum absolute atomic E-state index is 13.6. The Kier molecular flexibility index (Phi) is 7.60. The molecule has 234 valence electrons. The van der Waals surface area contributed by atoms with Gasteiger partial charge in [0.1, 0.15) is 0 Å². The number of amides is 1. The van der Waals surface area contributed by atoms with Crippen molar-refractivity contribution in [2.24, 2.45) is 11.3 Å². The minimum atomic E-state index is -4.95. The summed E-state index contributed by atoms with van der Waals surface area (Å²) in [4.78, 5) is 15.9. The first-order valence-corrected chi connectivity index (χ1v) is 14.7. The van der Waals surface area contributed by atoms with E-state index in [4.69, 9.17) is 9.47 Å². The van der Waals surface area contributed by atoms with Crippen LogP contribution in [0.25, 0.3) is 0 Å². The fraction of sp³-hybridized carbons (Fsp3) is 0.581. The second kappa shape index (κ2) is 10.9. The van der Waals surface area contributed by atoms with Gasteiger partial charge in [-0.15, -0.1) is 0 Å². The van der Waals surface area contributed by atoms with Crippen LogP contribution in [0.2, 0.25) is 0 Å². The molecule has 12 heteroatoms. The first-order chi connectivity index (χ1) is 20.2. The van der Waals surface area contributed by atoms with E-state index in [1.807, 2.05) is 12.1 Å². The number of nitrogens with zero attached hydrogens (tertiary/aromatic N) is 1. The lowest BCUT2D eigenvalue weighted by Crippen LogP contribution is -2.46. The summed E-state index contributed by atoms with van der Waals surface area (Å²) >= 11 is 0. The first kappa shape index (κ1) is 30.1. The molecule has 3 fully saturated rings. The number of rotatable bonds is 7. The molecule has 2 aromatic rings. The molecule has 1 saturated heterocycles. The number of carbonyl (C=O) groups excluding carboxylic acids is 1. The Hall–Kier alpha value is -2.99. The smallest absolute Gasteiger partial charge is 0.416 e. The summed E-state index contributed by atoms with van der Waals surface area (Å²) in [5, 5.41) is 14.1. The largest absolute Gasteiger partial charge is 0.454 e. The van der Waals surface area contributed by atoms with Crippen LogP contribution >= 0.6 is 0 Å². The van der Waals surface area contributed by atoms with Crippen LogP contribution in [0.3, 0.4) is 0 Å². The molecule has 1 amide bonds. The Morgan fingerprint density at radius 2 is 1.56 bits per heavy atom. The second-order valence-electron chi connectivity index (χ2n) is 12.6. The number of ether oxygens (including phenoxy) is 2. The summed E-state index contributed by atoms with van der Waals surface area (Å²) in [6.45, 7) is 0.858. The van der Waals surface area contributed by atoms with E-state index >= 15 is 0 Å². The second-order valence-corrected chi connectivity index (χ2v) is 12.6. The van der Waals surface area contributed by atoms with Crippen molar-refractivity contribution in [3.63, 3.8) is 0 Å². The van der Waals surface area contributed by atoms with Crippen LogP contribution < -0.4 is 14.8 Å². The average Bonchev–Trinajstić information content (AvgIpc) is 3.45. The predicted molar refractivity (Wildman–Crippen MR) is 143 cm³/mol. The monoisotopic (exact) mass is 612 g/mol. The lowest BCUT2D eigenvalue weighted by atomic mass is 9.77. The molecule has 0 bridgehead atoms. The number of aliphatic hydroxyl groups is 1. The van der Waals surface area contributed by atoms with Gasteiger partial charge in [-0.3, -0.25) is 9.69 Å². The van der Waals surface area contributed by atoms with Gasteiger partial charge in [0.05, 0.1) is 22.1 Å². The van der Waals surface area contributed by atoms with Crippen molar-refractivity contribution in [1.29, 1.82) is 0 Å². The Morgan fingerprint density at radius 3 is 2.19 bits per heavy atom. The molecule has 2 aromatic carbocycles. The zero-order valence-electron chi connectivity index (χ0n) is 23.5. The molecule has 2 heterocycles. The van der Waals surface area contributed by atoms with Crippen molar-refractivity contribution in [2.75, 3.05) is 19.9 Å². The highest BCUT2D eigenvalue weighted by Gasteiger charge is 2.50. The highest BCUT2D eigenvalue weighted by Crippen LogP contribution is 2.48. The van der Waals surface area contributed by atoms with Gasteiger partial charge in [-0.1, -0.05) is 18.9 Å². The molecule has 43 heavy (non-hydrogen) atoms. The first-order valence-electron chi connectivity index (χ1n) is 14.7. The van der Waals surface area contributed by atoms with Gasteiger partial charge in [0.25, 0.3) is 0 Å². The molecule has 1 atom stereocenters. The van der Waals surface area contributed by atoms with Crippen molar-refractivity contribution in [3.05, 3.63) is 58.7 Å². The number of nitrogens with one attached hydrogen (secondary N) is 1. The zero-order chi connectivity index (χ0) is 30.6. The third-order valence-corrected chi connectivity index (χ3v) is 9.55. The molecule has 6 nitrogen and oxygen atoms in total. The van der Waals surface area contributed by atoms with Gasteiger partial charge in [0.2, 0.25) is 12.7 Å². The third-order valence-electron chi connectivity index (χ3n) is 9.55. The van der Waals surface area contributed by atoms with Gasteiger partial charge in [-0.25, -0.2) is 0 Å². The van der Waals surface area contributed by atoms with E-state index in [-0.39, 0.29) is 30.4 Å². The number of fused-ring (bicyclic) bond motifs is 1. The van der Waals surface area contributed by atoms with E-state index in [0.717, 1.165) is 31.2 Å². The quantitative estimate of drug-likeness (QED) is 0.355. The molecule has 2 N–H and O–H groups in total. The van der Waals surface area contributed by atoms with Gasteiger partial charge in [-0.05, 0) is 92.4 Å². The topological polar surface area (TPSA) is 71.0 Å². The van der Waals surface area contributed by atoms with Crippen LogP contribution in [-0.4, -0.2) is 41.8 Å². The van der Waals surface area contributed by atoms with Gasteiger partial charge >= 0.3 is 12.4 Å². The number of halogens is 6. The maximum Gasteiger partial charge on any atom is 0.416 e. The highest BCUT2D eigenvalue weighted by atomic mass is 19.4. The summed E-state index contributed by atoms with van der Waals surface area (Å²) in [6.07, 6.45) is -4.18. The van der Waals surface area contributed by atoms with Crippen molar-refractivity contribution in [3.8, 4) is 11.5 Å². The molecule has 2 aliphatic heterocycles. The average molecular weight is 613 g/mol. The predicted octanol–water partition coefficient (Wildman–Crippen LogP) is 6.39. The normalized spacial score (nSPS) is 27.8. The van der Waals surface area contributed by atoms with Gasteiger partial charge < -0.3 is 19.9 Å². The number of hydrogen-bond acceptors (Lipinski definition) is 5. The summed E-state index contributed by atoms with van der Waals surface area (Å²) in [5.74, 6) is 1.32. The Morgan fingerprint density at radius 1 is 0.907 bits per heavy atom. The molecule has 4 aliphatic rings. The molecule has 2 saturated carbocycles. The van der Waals surface area contributed by atoms with Crippen LogP contribution in [0, 0.1) is 11.3 Å². The lowest BCUT2D eigenvalue weighted by molar-refractivity contribution is -0.143. The minimum absolute atomic E-state index is 0.0898. The Bertz CT molecular complexity index is 1330. The molecular weight excluding hydrogens is 578 g/mol. The molecule has 6 rings (SSSR count). The van der Waals surface area contributed by atoms with E-state index in [0.29, 0.717) is 68.3 Å². The molecule has 2 aliphatic carbocycles. The van der Waals surface area contributed by atoms with Crippen molar-refractivity contribution < 1.29 is 45.7 Å². The molecular formula is C31H34F6N2O4. The van der Waals surface area contributed by atoms with Crippen molar-refractivity contribution >= 4 is 5.91 Å². The number of benzene rings is 2. The van der Waals surface area contributed by atoms with Crippen LogP contribution in [0.15, 0.2) is 36.4 Å². The number of carbonyl (C=O) groups is 1. The van der Waals surface area contributed by atoms with Crippen LogP contribution in [0.4, 0.5) is 26.3 Å². The Labute approximate surface area is 245 Å². The van der Waals surface area contributed by atoms with Crippen LogP contribution in [0.5, 0.6) is 11.5 Å².